The first-order valence-corrected chi connectivity index (χ1v) is 7.24. The van der Waals surface area contributed by atoms with E-state index in [0.717, 1.165) is 16.5 Å². The van der Waals surface area contributed by atoms with Crippen LogP contribution in [0.15, 0.2) is 42.5 Å². The van der Waals surface area contributed by atoms with Gasteiger partial charge in [-0.15, -0.1) is 0 Å². The van der Waals surface area contributed by atoms with Crippen molar-refractivity contribution in [2.75, 3.05) is 5.32 Å². The van der Waals surface area contributed by atoms with Crippen molar-refractivity contribution in [1.82, 2.24) is 0 Å². The van der Waals surface area contributed by atoms with Crippen molar-refractivity contribution in [2.24, 2.45) is 0 Å². The zero-order chi connectivity index (χ0) is 14.5. The topological polar surface area (TPSA) is 52.9 Å². The van der Waals surface area contributed by atoms with Crippen LogP contribution in [0.5, 0.6) is 0 Å². The summed E-state index contributed by atoms with van der Waals surface area (Å²) >= 11 is 3.36. The molecule has 2 rings (SSSR count). The van der Waals surface area contributed by atoms with Crippen molar-refractivity contribution >= 4 is 27.5 Å². The summed E-state index contributed by atoms with van der Waals surface area (Å²) < 4.78 is 0. The number of nitrogens with one attached hydrogen (secondary N) is 1. The molecule has 2 aromatic rings. The van der Waals surface area contributed by atoms with E-state index in [1.54, 1.807) is 18.2 Å². The Kier molecular flexibility index (Phi) is 4.54. The molecule has 100 valence electrons. The fourth-order valence-electron chi connectivity index (χ4n) is 1.86. The second-order valence-corrected chi connectivity index (χ2v) is 4.95. The Morgan fingerprint density at radius 3 is 2.55 bits per heavy atom. The number of amides is 1. The number of halogens is 1. The number of alkyl halides is 1. The number of benzene rings is 2. The molecular weight excluding hydrogens is 316 g/mol. The highest BCUT2D eigenvalue weighted by Crippen LogP contribution is 2.19. The number of aryl methyl sites for hydroxylation is 1. The smallest absolute Gasteiger partial charge is 0.255 e. The van der Waals surface area contributed by atoms with Crippen LogP contribution in [-0.4, -0.2) is 5.91 Å². The predicted molar refractivity (Wildman–Crippen MR) is 82.9 cm³/mol. The standard InChI is InChI=1S/C16H13BrN2O/c1-11-3-2-4-15(14(11)10-18)19-16(20)13-7-5-12(9-17)6-8-13/h2-8H,9H2,1H3,(H,19,20). The molecule has 20 heavy (non-hydrogen) atoms. The van der Waals surface area contributed by atoms with Gasteiger partial charge in [-0.05, 0) is 36.2 Å². The molecule has 0 spiro atoms. The second-order valence-electron chi connectivity index (χ2n) is 4.39. The van der Waals surface area contributed by atoms with Crippen LogP contribution in [0.25, 0.3) is 0 Å². The molecule has 0 radical (unpaired) electrons. The molecule has 0 atom stereocenters. The van der Waals surface area contributed by atoms with Gasteiger partial charge in [0.05, 0.1) is 11.3 Å². The molecular formula is C16H13BrN2O. The summed E-state index contributed by atoms with van der Waals surface area (Å²) in [5, 5.41) is 12.7. The van der Waals surface area contributed by atoms with E-state index in [4.69, 9.17) is 5.26 Å². The van der Waals surface area contributed by atoms with E-state index in [9.17, 15) is 4.79 Å². The number of anilines is 1. The normalized spacial score (nSPS) is 9.85. The van der Waals surface area contributed by atoms with Gasteiger partial charge in [-0.2, -0.15) is 5.26 Å². The highest BCUT2D eigenvalue weighted by molar-refractivity contribution is 9.08. The van der Waals surface area contributed by atoms with Gasteiger partial charge in [-0.3, -0.25) is 4.79 Å². The SMILES string of the molecule is Cc1cccc(NC(=O)c2ccc(CBr)cc2)c1C#N. The van der Waals surface area contributed by atoms with Crippen LogP contribution >= 0.6 is 15.9 Å². The van der Waals surface area contributed by atoms with E-state index >= 15 is 0 Å². The van der Waals surface area contributed by atoms with Gasteiger partial charge in [0.2, 0.25) is 0 Å². The largest absolute Gasteiger partial charge is 0.321 e. The molecule has 1 amide bonds. The Hall–Kier alpha value is -2.12. The van der Waals surface area contributed by atoms with E-state index in [2.05, 4.69) is 27.3 Å². The van der Waals surface area contributed by atoms with Crippen molar-refractivity contribution < 1.29 is 4.79 Å². The fourth-order valence-corrected chi connectivity index (χ4v) is 2.23. The predicted octanol–water partition coefficient (Wildman–Crippen LogP) is 4.01. The first kappa shape index (κ1) is 14.3. The molecule has 0 aliphatic carbocycles. The van der Waals surface area contributed by atoms with Crippen LogP contribution in [0.4, 0.5) is 5.69 Å². The molecule has 1 N–H and O–H groups in total. The fraction of sp³-hybridized carbons (Fsp3) is 0.125. The lowest BCUT2D eigenvalue weighted by Gasteiger charge is -2.09. The number of rotatable bonds is 3. The Bertz CT molecular complexity index is 672. The highest BCUT2D eigenvalue weighted by Gasteiger charge is 2.10. The van der Waals surface area contributed by atoms with Crippen molar-refractivity contribution in [3.8, 4) is 6.07 Å². The molecule has 0 aromatic heterocycles. The molecule has 0 fully saturated rings. The number of nitrogens with zero attached hydrogens (tertiary/aromatic N) is 1. The van der Waals surface area contributed by atoms with Crippen LogP contribution in [0.1, 0.15) is 27.0 Å². The summed E-state index contributed by atoms with van der Waals surface area (Å²) in [6, 6.07) is 14.8. The summed E-state index contributed by atoms with van der Waals surface area (Å²) in [6.45, 7) is 1.85. The monoisotopic (exact) mass is 328 g/mol. The first-order chi connectivity index (χ1) is 9.65. The maximum absolute atomic E-state index is 12.2. The maximum atomic E-state index is 12.2. The van der Waals surface area contributed by atoms with Gasteiger partial charge in [-0.25, -0.2) is 0 Å². The van der Waals surface area contributed by atoms with Gasteiger partial charge < -0.3 is 5.32 Å². The second kappa shape index (κ2) is 6.36. The first-order valence-electron chi connectivity index (χ1n) is 6.11. The van der Waals surface area contributed by atoms with Gasteiger partial charge in [-0.1, -0.05) is 40.2 Å². The van der Waals surface area contributed by atoms with Gasteiger partial charge in [0.15, 0.2) is 0 Å². The van der Waals surface area contributed by atoms with Crippen molar-refractivity contribution in [2.45, 2.75) is 12.3 Å². The van der Waals surface area contributed by atoms with Gasteiger partial charge in [0.1, 0.15) is 6.07 Å². The van der Waals surface area contributed by atoms with Crippen molar-refractivity contribution in [3.63, 3.8) is 0 Å². The highest BCUT2D eigenvalue weighted by atomic mass is 79.9. The summed E-state index contributed by atoms with van der Waals surface area (Å²) in [5.41, 5.74) is 3.56. The van der Waals surface area contributed by atoms with Crippen LogP contribution in [0, 0.1) is 18.3 Å². The van der Waals surface area contributed by atoms with Gasteiger partial charge in [0, 0.05) is 10.9 Å². The molecule has 0 unspecified atom stereocenters. The third kappa shape index (κ3) is 3.06. The van der Waals surface area contributed by atoms with Crippen LogP contribution in [-0.2, 0) is 5.33 Å². The zero-order valence-electron chi connectivity index (χ0n) is 11.0. The summed E-state index contributed by atoms with van der Waals surface area (Å²) in [6.07, 6.45) is 0. The minimum Gasteiger partial charge on any atom is -0.321 e. The third-order valence-corrected chi connectivity index (χ3v) is 3.65. The molecule has 0 aliphatic rings. The van der Waals surface area contributed by atoms with E-state index < -0.39 is 0 Å². The maximum Gasteiger partial charge on any atom is 0.255 e. The van der Waals surface area contributed by atoms with E-state index in [0.29, 0.717) is 16.8 Å². The average molecular weight is 329 g/mol. The lowest BCUT2D eigenvalue weighted by Crippen LogP contribution is -2.13. The Labute approximate surface area is 126 Å². The van der Waals surface area contributed by atoms with E-state index in [1.807, 2.05) is 31.2 Å². The summed E-state index contributed by atoms with van der Waals surface area (Å²) in [7, 11) is 0. The number of hydrogen-bond acceptors (Lipinski definition) is 2. The van der Waals surface area contributed by atoms with Crippen LogP contribution < -0.4 is 5.32 Å². The molecule has 2 aromatic carbocycles. The Morgan fingerprint density at radius 2 is 1.95 bits per heavy atom. The summed E-state index contributed by atoms with van der Waals surface area (Å²) in [4.78, 5) is 12.2. The Balaban J connectivity index is 2.23. The number of nitriles is 1. The number of carbonyl (C=O) groups is 1. The molecule has 0 saturated heterocycles. The number of hydrogen-bond donors (Lipinski definition) is 1. The van der Waals surface area contributed by atoms with Gasteiger partial charge >= 0.3 is 0 Å². The molecule has 3 nitrogen and oxygen atoms in total. The molecule has 0 aliphatic heterocycles. The lowest BCUT2D eigenvalue weighted by molar-refractivity contribution is 0.102. The van der Waals surface area contributed by atoms with Crippen LogP contribution in [0.2, 0.25) is 0 Å². The average Bonchev–Trinajstić information content (AvgIpc) is 2.47. The summed E-state index contributed by atoms with van der Waals surface area (Å²) in [5.74, 6) is -0.215. The molecule has 0 saturated carbocycles. The lowest BCUT2D eigenvalue weighted by atomic mass is 10.1. The number of carbonyl (C=O) groups excluding carboxylic acids is 1. The third-order valence-electron chi connectivity index (χ3n) is 3.00. The minimum absolute atomic E-state index is 0.215. The van der Waals surface area contributed by atoms with E-state index in [1.165, 1.54) is 0 Å². The molecule has 0 heterocycles. The van der Waals surface area contributed by atoms with E-state index in [-0.39, 0.29) is 5.91 Å². The molecule has 4 heteroatoms. The minimum atomic E-state index is -0.215. The zero-order valence-corrected chi connectivity index (χ0v) is 12.6. The quantitative estimate of drug-likeness (QED) is 0.865. The molecule has 0 bridgehead atoms. The van der Waals surface area contributed by atoms with Gasteiger partial charge in [0.25, 0.3) is 5.91 Å². The van der Waals surface area contributed by atoms with Crippen LogP contribution in [0.3, 0.4) is 0 Å². The van der Waals surface area contributed by atoms with Crippen molar-refractivity contribution in [1.29, 1.82) is 5.26 Å². The Morgan fingerprint density at radius 1 is 1.25 bits per heavy atom. The van der Waals surface area contributed by atoms with Crippen molar-refractivity contribution in [3.05, 3.63) is 64.7 Å².